The molecule has 4 heteroatoms. The van der Waals surface area contributed by atoms with Crippen LogP contribution in [0.5, 0.6) is 0 Å². The number of esters is 1. The summed E-state index contributed by atoms with van der Waals surface area (Å²) in [6.45, 7) is 6.86. The van der Waals surface area contributed by atoms with Crippen LogP contribution in [0.25, 0.3) is 0 Å². The lowest BCUT2D eigenvalue weighted by Crippen LogP contribution is -2.33. The first-order valence-corrected chi connectivity index (χ1v) is 4.80. The average molecular weight is 203 g/mol. The average Bonchev–Trinajstić information content (AvgIpc) is 2.04. The molecule has 14 heavy (non-hydrogen) atoms. The molecule has 2 N–H and O–H groups in total. The fraction of sp³-hybridized carbons (Fsp3) is 0.900. The van der Waals surface area contributed by atoms with E-state index < -0.39 is 6.10 Å². The van der Waals surface area contributed by atoms with Crippen LogP contribution in [0.1, 0.15) is 27.2 Å². The number of rotatable bonds is 5. The Kier molecular flexibility index (Phi) is 5.72. The van der Waals surface area contributed by atoms with Gasteiger partial charge in [-0.05, 0) is 11.8 Å². The van der Waals surface area contributed by atoms with Crippen molar-refractivity contribution < 1.29 is 14.3 Å². The maximum Gasteiger partial charge on any atom is 0.336 e. The van der Waals surface area contributed by atoms with E-state index in [0.717, 1.165) is 6.42 Å². The van der Waals surface area contributed by atoms with Crippen molar-refractivity contribution >= 4 is 5.97 Å². The van der Waals surface area contributed by atoms with Crippen molar-refractivity contribution in [3.8, 4) is 0 Å². The quantitative estimate of drug-likeness (QED) is 0.675. The molecule has 0 heterocycles. The zero-order valence-corrected chi connectivity index (χ0v) is 9.50. The first-order valence-electron chi connectivity index (χ1n) is 4.80. The van der Waals surface area contributed by atoms with Crippen LogP contribution < -0.4 is 5.73 Å². The van der Waals surface area contributed by atoms with Crippen molar-refractivity contribution in [2.45, 2.75) is 33.3 Å². The number of nitrogens with two attached hydrogens (primary N) is 1. The maximum atomic E-state index is 11.3. The van der Waals surface area contributed by atoms with Crippen LogP contribution in [-0.2, 0) is 14.3 Å². The minimum atomic E-state index is -0.630. The SMILES string of the molecule is COC(CN)C(=O)OCCC(C)(C)C. The van der Waals surface area contributed by atoms with Gasteiger partial charge in [-0.2, -0.15) is 0 Å². The molecule has 0 aromatic rings. The predicted octanol–water partition coefficient (Wildman–Crippen LogP) is 0.939. The fourth-order valence-electron chi connectivity index (χ4n) is 0.839. The number of ether oxygens (including phenoxy) is 2. The molecule has 0 radical (unpaired) electrons. The van der Waals surface area contributed by atoms with E-state index in [2.05, 4.69) is 20.8 Å². The highest BCUT2D eigenvalue weighted by Crippen LogP contribution is 2.17. The van der Waals surface area contributed by atoms with Crippen LogP contribution in [0.4, 0.5) is 0 Å². The van der Waals surface area contributed by atoms with Crippen LogP contribution in [0.15, 0.2) is 0 Å². The van der Waals surface area contributed by atoms with Crippen molar-refractivity contribution in [2.75, 3.05) is 20.3 Å². The topological polar surface area (TPSA) is 61.5 Å². The summed E-state index contributed by atoms with van der Waals surface area (Å²) in [5.41, 5.74) is 5.49. The van der Waals surface area contributed by atoms with Gasteiger partial charge in [0, 0.05) is 13.7 Å². The number of carbonyl (C=O) groups is 1. The van der Waals surface area contributed by atoms with Crippen LogP contribution >= 0.6 is 0 Å². The van der Waals surface area contributed by atoms with E-state index in [4.69, 9.17) is 15.2 Å². The van der Waals surface area contributed by atoms with Gasteiger partial charge in [-0.25, -0.2) is 4.79 Å². The molecular formula is C10H21NO3. The molecule has 1 atom stereocenters. The van der Waals surface area contributed by atoms with Crippen LogP contribution in [0, 0.1) is 5.41 Å². The summed E-state index contributed by atoms with van der Waals surface area (Å²) in [6, 6.07) is 0. The zero-order chi connectivity index (χ0) is 11.2. The molecule has 0 bridgehead atoms. The summed E-state index contributed by atoms with van der Waals surface area (Å²) in [5.74, 6) is -0.376. The van der Waals surface area contributed by atoms with Gasteiger partial charge in [-0.3, -0.25) is 0 Å². The molecule has 0 spiro atoms. The summed E-state index contributed by atoms with van der Waals surface area (Å²) in [7, 11) is 1.45. The Hall–Kier alpha value is -0.610. The first-order chi connectivity index (χ1) is 6.40. The molecule has 0 rings (SSSR count). The van der Waals surface area contributed by atoms with Gasteiger partial charge in [-0.1, -0.05) is 20.8 Å². The molecule has 0 fully saturated rings. The minimum Gasteiger partial charge on any atom is -0.464 e. The lowest BCUT2D eigenvalue weighted by Gasteiger charge is -2.18. The number of hydrogen-bond acceptors (Lipinski definition) is 4. The van der Waals surface area contributed by atoms with Crippen molar-refractivity contribution in [3.05, 3.63) is 0 Å². The van der Waals surface area contributed by atoms with E-state index in [1.54, 1.807) is 0 Å². The lowest BCUT2D eigenvalue weighted by atomic mass is 9.93. The van der Waals surface area contributed by atoms with Gasteiger partial charge in [0.1, 0.15) is 0 Å². The normalized spacial score (nSPS) is 13.8. The van der Waals surface area contributed by atoms with Gasteiger partial charge in [0.25, 0.3) is 0 Å². The number of methoxy groups -OCH3 is 1. The van der Waals surface area contributed by atoms with Gasteiger partial charge >= 0.3 is 5.97 Å². The first kappa shape index (κ1) is 13.4. The monoisotopic (exact) mass is 203 g/mol. The van der Waals surface area contributed by atoms with Crippen LogP contribution in [0.3, 0.4) is 0 Å². The zero-order valence-electron chi connectivity index (χ0n) is 9.50. The molecule has 0 aromatic heterocycles. The highest BCUT2D eigenvalue weighted by molar-refractivity contribution is 5.74. The molecule has 0 amide bonds. The van der Waals surface area contributed by atoms with Gasteiger partial charge in [0.2, 0.25) is 0 Å². The van der Waals surface area contributed by atoms with E-state index in [9.17, 15) is 4.79 Å². The van der Waals surface area contributed by atoms with Crippen LogP contribution in [0.2, 0.25) is 0 Å². The summed E-state index contributed by atoms with van der Waals surface area (Å²) >= 11 is 0. The van der Waals surface area contributed by atoms with Gasteiger partial charge < -0.3 is 15.2 Å². The van der Waals surface area contributed by atoms with Gasteiger partial charge in [-0.15, -0.1) is 0 Å². The Balaban J connectivity index is 3.74. The second-order valence-corrected chi connectivity index (χ2v) is 4.44. The van der Waals surface area contributed by atoms with Crippen molar-refractivity contribution in [2.24, 2.45) is 11.1 Å². The van der Waals surface area contributed by atoms with E-state index in [1.165, 1.54) is 7.11 Å². The molecule has 1 unspecified atom stereocenters. The van der Waals surface area contributed by atoms with Gasteiger partial charge in [0.15, 0.2) is 6.10 Å². The third-order valence-electron chi connectivity index (χ3n) is 1.86. The molecule has 84 valence electrons. The highest BCUT2D eigenvalue weighted by Gasteiger charge is 2.18. The van der Waals surface area contributed by atoms with E-state index >= 15 is 0 Å². The predicted molar refractivity (Wildman–Crippen MR) is 54.9 cm³/mol. The summed E-state index contributed by atoms with van der Waals surface area (Å²) < 4.78 is 9.86. The second-order valence-electron chi connectivity index (χ2n) is 4.44. The number of hydrogen-bond donors (Lipinski definition) is 1. The van der Waals surface area contributed by atoms with Crippen LogP contribution in [-0.4, -0.2) is 32.3 Å². The third kappa shape index (κ3) is 5.94. The molecule has 0 saturated heterocycles. The molecule has 0 saturated carbocycles. The van der Waals surface area contributed by atoms with Crippen molar-refractivity contribution in [1.29, 1.82) is 0 Å². The Morgan fingerprint density at radius 1 is 1.43 bits per heavy atom. The Morgan fingerprint density at radius 3 is 2.36 bits per heavy atom. The fourth-order valence-corrected chi connectivity index (χ4v) is 0.839. The molecule has 0 aliphatic carbocycles. The second kappa shape index (κ2) is 5.98. The summed E-state index contributed by atoms with van der Waals surface area (Å²) in [5, 5.41) is 0. The molecule has 0 aliphatic heterocycles. The van der Waals surface area contributed by atoms with E-state index in [0.29, 0.717) is 6.61 Å². The Morgan fingerprint density at radius 2 is 2.00 bits per heavy atom. The third-order valence-corrected chi connectivity index (χ3v) is 1.86. The number of carbonyl (C=O) groups excluding carboxylic acids is 1. The maximum absolute atomic E-state index is 11.3. The highest BCUT2D eigenvalue weighted by atomic mass is 16.6. The van der Waals surface area contributed by atoms with E-state index in [-0.39, 0.29) is 17.9 Å². The summed E-state index contributed by atoms with van der Waals surface area (Å²) in [6.07, 6.45) is 0.203. The molecule has 0 aromatic carbocycles. The summed E-state index contributed by atoms with van der Waals surface area (Å²) in [4.78, 5) is 11.3. The van der Waals surface area contributed by atoms with Gasteiger partial charge in [0.05, 0.1) is 6.61 Å². The molecular weight excluding hydrogens is 182 g/mol. The minimum absolute atomic E-state index is 0.158. The lowest BCUT2D eigenvalue weighted by molar-refractivity contribution is -0.155. The molecule has 0 aliphatic rings. The largest absolute Gasteiger partial charge is 0.464 e. The standard InChI is InChI=1S/C10H21NO3/c1-10(2,3)5-6-14-9(12)8(7-11)13-4/h8H,5-7,11H2,1-4H3. The van der Waals surface area contributed by atoms with Crippen molar-refractivity contribution in [1.82, 2.24) is 0 Å². The smallest absolute Gasteiger partial charge is 0.336 e. The molecule has 4 nitrogen and oxygen atoms in total. The Bertz CT molecular complexity index is 171. The van der Waals surface area contributed by atoms with E-state index in [1.807, 2.05) is 0 Å². The van der Waals surface area contributed by atoms with Crippen molar-refractivity contribution in [3.63, 3.8) is 0 Å². The Labute approximate surface area is 85.8 Å².